The van der Waals surface area contributed by atoms with Crippen LogP contribution in [-0.2, 0) is 5.41 Å². The van der Waals surface area contributed by atoms with E-state index in [2.05, 4.69) is 63.5 Å². The monoisotopic (exact) mass is 335 g/mol. The molecule has 2 aromatic rings. The van der Waals surface area contributed by atoms with Crippen LogP contribution in [-0.4, -0.2) is 9.97 Å². The lowest BCUT2D eigenvalue weighted by Gasteiger charge is -2.23. The van der Waals surface area contributed by atoms with E-state index in [1.54, 1.807) is 6.20 Å². The average molecular weight is 336 g/mol. The SMILES string of the molecule is CC(C)(C)c1ccccc1Nc1nc(NN)ncc1Br. The molecule has 0 amide bonds. The van der Waals surface area contributed by atoms with E-state index in [1.807, 2.05) is 18.2 Å². The van der Waals surface area contributed by atoms with Gasteiger partial charge in [-0.25, -0.2) is 10.8 Å². The van der Waals surface area contributed by atoms with Gasteiger partial charge in [-0.15, -0.1) is 0 Å². The molecule has 0 fully saturated rings. The van der Waals surface area contributed by atoms with Gasteiger partial charge in [0.2, 0.25) is 5.95 Å². The van der Waals surface area contributed by atoms with Crippen LogP contribution >= 0.6 is 15.9 Å². The molecule has 0 radical (unpaired) electrons. The molecule has 1 aromatic carbocycles. The van der Waals surface area contributed by atoms with Crippen molar-refractivity contribution in [2.24, 2.45) is 5.84 Å². The third kappa shape index (κ3) is 3.26. The van der Waals surface area contributed by atoms with Crippen LogP contribution in [0.4, 0.5) is 17.5 Å². The molecular weight excluding hydrogens is 318 g/mol. The quantitative estimate of drug-likeness (QED) is 0.590. The Bertz CT molecular complexity index is 607. The van der Waals surface area contributed by atoms with Gasteiger partial charge in [-0.1, -0.05) is 39.0 Å². The number of halogens is 1. The van der Waals surface area contributed by atoms with Crippen molar-refractivity contribution in [3.8, 4) is 0 Å². The van der Waals surface area contributed by atoms with Gasteiger partial charge in [0, 0.05) is 11.9 Å². The fraction of sp³-hybridized carbons (Fsp3) is 0.286. The number of rotatable bonds is 3. The molecule has 0 bridgehead atoms. The number of nitrogen functional groups attached to an aromatic ring is 1. The number of anilines is 3. The maximum Gasteiger partial charge on any atom is 0.239 e. The zero-order valence-electron chi connectivity index (χ0n) is 11.7. The van der Waals surface area contributed by atoms with Crippen molar-refractivity contribution >= 4 is 33.4 Å². The summed E-state index contributed by atoms with van der Waals surface area (Å²) in [7, 11) is 0. The summed E-state index contributed by atoms with van der Waals surface area (Å²) in [6.45, 7) is 6.53. The minimum absolute atomic E-state index is 0.0397. The summed E-state index contributed by atoms with van der Waals surface area (Å²) in [5.74, 6) is 6.38. The van der Waals surface area contributed by atoms with Gasteiger partial charge in [0.25, 0.3) is 0 Å². The Balaban J connectivity index is 2.40. The third-order valence-corrected chi connectivity index (χ3v) is 3.44. The summed E-state index contributed by atoms with van der Waals surface area (Å²) in [5.41, 5.74) is 4.71. The Morgan fingerprint density at radius 3 is 2.55 bits per heavy atom. The predicted octanol–water partition coefficient (Wildman–Crippen LogP) is 3.57. The highest BCUT2D eigenvalue weighted by Gasteiger charge is 2.18. The molecule has 1 aromatic heterocycles. The number of nitrogens with zero attached hydrogens (tertiary/aromatic N) is 2. The summed E-state index contributed by atoms with van der Waals surface area (Å²) >= 11 is 3.44. The molecule has 0 aliphatic carbocycles. The topological polar surface area (TPSA) is 75.9 Å². The number of hydrogen-bond acceptors (Lipinski definition) is 5. The van der Waals surface area contributed by atoms with Crippen molar-refractivity contribution in [2.75, 3.05) is 10.7 Å². The lowest BCUT2D eigenvalue weighted by atomic mass is 9.86. The number of nitrogens with one attached hydrogen (secondary N) is 2. The Labute approximate surface area is 127 Å². The van der Waals surface area contributed by atoms with Gasteiger partial charge in [-0.3, -0.25) is 5.43 Å². The summed E-state index contributed by atoms with van der Waals surface area (Å²) in [6, 6.07) is 8.17. The van der Waals surface area contributed by atoms with Crippen LogP contribution in [0.3, 0.4) is 0 Å². The van der Waals surface area contributed by atoms with Crippen LogP contribution < -0.4 is 16.6 Å². The van der Waals surface area contributed by atoms with E-state index in [4.69, 9.17) is 5.84 Å². The highest BCUT2D eigenvalue weighted by atomic mass is 79.9. The highest BCUT2D eigenvalue weighted by molar-refractivity contribution is 9.10. The van der Waals surface area contributed by atoms with Crippen LogP contribution in [0.2, 0.25) is 0 Å². The van der Waals surface area contributed by atoms with Gasteiger partial charge < -0.3 is 5.32 Å². The van der Waals surface area contributed by atoms with E-state index in [-0.39, 0.29) is 5.41 Å². The molecule has 0 saturated heterocycles. The maximum absolute atomic E-state index is 5.34. The zero-order chi connectivity index (χ0) is 14.8. The van der Waals surface area contributed by atoms with Gasteiger partial charge in [-0.2, -0.15) is 4.98 Å². The maximum atomic E-state index is 5.34. The van der Waals surface area contributed by atoms with E-state index in [0.717, 1.165) is 10.2 Å². The lowest BCUT2D eigenvalue weighted by molar-refractivity contribution is 0.592. The molecule has 0 spiro atoms. The van der Waals surface area contributed by atoms with E-state index in [9.17, 15) is 0 Å². The fourth-order valence-electron chi connectivity index (χ4n) is 1.90. The van der Waals surface area contributed by atoms with E-state index in [0.29, 0.717) is 11.8 Å². The van der Waals surface area contributed by atoms with E-state index in [1.165, 1.54) is 5.56 Å². The minimum atomic E-state index is 0.0397. The van der Waals surface area contributed by atoms with Gasteiger partial charge in [0.05, 0.1) is 4.47 Å². The largest absolute Gasteiger partial charge is 0.339 e. The predicted molar refractivity (Wildman–Crippen MR) is 86.0 cm³/mol. The van der Waals surface area contributed by atoms with Crippen molar-refractivity contribution in [2.45, 2.75) is 26.2 Å². The fourth-order valence-corrected chi connectivity index (χ4v) is 2.19. The number of hydrazine groups is 1. The van der Waals surface area contributed by atoms with Crippen LogP contribution in [0, 0.1) is 0 Å². The standard InChI is InChI=1S/C14H18BrN5/c1-14(2,3)9-6-4-5-7-11(9)18-12-10(15)8-17-13(19-12)20-16/h4-8H,16H2,1-3H3,(H2,17,18,19,20). The van der Waals surface area contributed by atoms with Crippen LogP contribution in [0.15, 0.2) is 34.9 Å². The number of nitrogens with two attached hydrogens (primary N) is 1. The first-order valence-electron chi connectivity index (χ1n) is 6.27. The van der Waals surface area contributed by atoms with Crippen LogP contribution in [0.25, 0.3) is 0 Å². The molecule has 4 N–H and O–H groups in total. The molecule has 0 saturated carbocycles. The molecule has 5 nitrogen and oxygen atoms in total. The van der Waals surface area contributed by atoms with Gasteiger partial charge in [-0.05, 0) is 33.0 Å². The summed E-state index contributed by atoms with van der Waals surface area (Å²) < 4.78 is 0.778. The molecular formula is C14H18BrN5. The van der Waals surface area contributed by atoms with Crippen molar-refractivity contribution in [3.05, 3.63) is 40.5 Å². The molecule has 1 heterocycles. The van der Waals surface area contributed by atoms with Gasteiger partial charge in [0.15, 0.2) is 0 Å². The molecule has 0 aliphatic rings. The van der Waals surface area contributed by atoms with E-state index < -0.39 is 0 Å². The minimum Gasteiger partial charge on any atom is -0.339 e. The Hall–Kier alpha value is -1.66. The summed E-state index contributed by atoms with van der Waals surface area (Å²) in [5, 5.41) is 3.33. The van der Waals surface area contributed by atoms with Crippen LogP contribution in [0.1, 0.15) is 26.3 Å². The zero-order valence-corrected chi connectivity index (χ0v) is 13.3. The number of hydrogen-bond donors (Lipinski definition) is 3. The molecule has 0 unspecified atom stereocenters. The number of aromatic nitrogens is 2. The van der Waals surface area contributed by atoms with Gasteiger partial charge in [0.1, 0.15) is 5.82 Å². The first kappa shape index (κ1) is 14.7. The molecule has 20 heavy (non-hydrogen) atoms. The molecule has 6 heteroatoms. The number of benzene rings is 1. The van der Waals surface area contributed by atoms with Crippen LogP contribution in [0.5, 0.6) is 0 Å². The smallest absolute Gasteiger partial charge is 0.239 e. The Morgan fingerprint density at radius 2 is 1.90 bits per heavy atom. The van der Waals surface area contributed by atoms with Crippen molar-refractivity contribution in [1.82, 2.24) is 9.97 Å². The second-order valence-electron chi connectivity index (χ2n) is 5.46. The first-order valence-corrected chi connectivity index (χ1v) is 7.07. The van der Waals surface area contributed by atoms with Crippen molar-refractivity contribution in [3.63, 3.8) is 0 Å². The average Bonchev–Trinajstić information content (AvgIpc) is 2.41. The molecule has 106 valence electrons. The van der Waals surface area contributed by atoms with Crippen molar-refractivity contribution < 1.29 is 0 Å². The number of para-hydroxylation sites is 1. The lowest BCUT2D eigenvalue weighted by Crippen LogP contribution is -2.15. The first-order chi connectivity index (χ1) is 9.41. The normalized spacial score (nSPS) is 11.2. The molecule has 0 atom stereocenters. The second kappa shape index (κ2) is 5.76. The van der Waals surface area contributed by atoms with Gasteiger partial charge >= 0.3 is 0 Å². The highest BCUT2D eigenvalue weighted by Crippen LogP contribution is 2.32. The Kier molecular flexibility index (Phi) is 4.25. The summed E-state index contributed by atoms with van der Waals surface area (Å²) in [4.78, 5) is 8.34. The third-order valence-electron chi connectivity index (χ3n) is 2.86. The Morgan fingerprint density at radius 1 is 1.20 bits per heavy atom. The molecule has 0 aliphatic heterocycles. The second-order valence-corrected chi connectivity index (χ2v) is 6.31. The van der Waals surface area contributed by atoms with Crippen molar-refractivity contribution in [1.29, 1.82) is 0 Å². The summed E-state index contributed by atoms with van der Waals surface area (Å²) in [6.07, 6.45) is 1.66. The molecule has 2 rings (SSSR count). The van der Waals surface area contributed by atoms with E-state index >= 15 is 0 Å².